The molecule has 1 saturated heterocycles. The van der Waals surface area contributed by atoms with E-state index in [-0.39, 0.29) is 12.5 Å². The van der Waals surface area contributed by atoms with Crippen LogP contribution in [0.5, 0.6) is 0 Å². The van der Waals surface area contributed by atoms with Crippen LogP contribution in [0.1, 0.15) is 44.8 Å². The fourth-order valence-corrected chi connectivity index (χ4v) is 4.43. The van der Waals surface area contributed by atoms with Gasteiger partial charge in [0.15, 0.2) is 0 Å². The van der Waals surface area contributed by atoms with Crippen LogP contribution < -0.4 is 21.7 Å². The monoisotopic (exact) mass is 360 g/mol. The van der Waals surface area contributed by atoms with Gasteiger partial charge in [0.1, 0.15) is 6.29 Å². The second kappa shape index (κ2) is 9.15. The number of nitrogens with two attached hydrogens (primary N) is 2. The van der Waals surface area contributed by atoms with Crippen molar-refractivity contribution in [2.24, 2.45) is 11.5 Å². The Kier molecular flexibility index (Phi) is 6.89. The van der Waals surface area contributed by atoms with Gasteiger partial charge in [0.05, 0.1) is 6.17 Å². The first-order chi connectivity index (χ1) is 12.7. The molecule has 0 spiro atoms. The lowest BCUT2D eigenvalue weighted by molar-refractivity contribution is 0.0519. The van der Waals surface area contributed by atoms with Gasteiger partial charge in [-0.3, -0.25) is 5.73 Å². The minimum Gasteiger partial charge on any atom is -0.343 e. The minimum atomic E-state index is -0.153. The molecule has 146 valence electrons. The maximum Gasteiger partial charge on any atom is 0.136 e. The molecule has 0 aromatic heterocycles. The Labute approximate surface area is 158 Å². The molecule has 5 N–H and O–H groups in total. The third-order valence-corrected chi connectivity index (χ3v) is 6.01. The lowest BCUT2D eigenvalue weighted by Gasteiger charge is -2.51. The molecule has 0 amide bonds. The van der Waals surface area contributed by atoms with Gasteiger partial charge in [-0.05, 0) is 58.1 Å². The molecule has 2 aliphatic rings. The van der Waals surface area contributed by atoms with Crippen molar-refractivity contribution in [3.8, 4) is 0 Å². The highest BCUT2D eigenvalue weighted by atomic mass is 15.5. The van der Waals surface area contributed by atoms with E-state index in [1.165, 1.54) is 11.3 Å². The van der Waals surface area contributed by atoms with Gasteiger partial charge in [0.25, 0.3) is 0 Å². The molecule has 2 aliphatic heterocycles. The maximum atomic E-state index is 6.78. The van der Waals surface area contributed by atoms with Gasteiger partial charge in [0.2, 0.25) is 0 Å². The predicted molar refractivity (Wildman–Crippen MR) is 109 cm³/mol. The molecule has 3 rings (SSSR count). The van der Waals surface area contributed by atoms with Gasteiger partial charge in [-0.15, -0.1) is 0 Å². The van der Waals surface area contributed by atoms with Crippen LogP contribution >= 0.6 is 0 Å². The number of hydrogen-bond acceptors (Lipinski definition) is 6. The first kappa shape index (κ1) is 19.6. The van der Waals surface area contributed by atoms with Gasteiger partial charge in [-0.25, -0.2) is 4.90 Å². The van der Waals surface area contributed by atoms with E-state index < -0.39 is 0 Å². The van der Waals surface area contributed by atoms with Gasteiger partial charge in [0, 0.05) is 23.8 Å². The lowest BCUT2D eigenvalue weighted by Crippen LogP contribution is -2.64. The van der Waals surface area contributed by atoms with Gasteiger partial charge in [-0.1, -0.05) is 32.0 Å². The standard InChI is InChI=1S/C20H36N6/c1-3-24(4-2)14-7-15-25-18-9-6-5-8-17(18)19(21)26(20(25)22)16-10-12-23-13-11-16/h5-6,8-9,16,19-20,23H,3-4,7,10-15,21-22H2,1-2H3. The van der Waals surface area contributed by atoms with Crippen molar-refractivity contribution in [2.45, 2.75) is 51.6 Å². The average Bonchev–Trinajstić information content (AvgIpc) is 2.68. The molecule has 1 aromatic carbocycles. The number of benzene rings is 1. The molecular weight excluding hydrogens is 324 g/mol. The number of nitrogens with one attached hydrogen (secondary N) is 1. The lowest BCUT2D eigenvalue weighted by atomic mass is 9.98. The zero-order valence-electron chi connectivity index (χ0n) is 16.4. The fourth-order valence-electron chi connectivity index (χ4n) is 4.43. The van der Waals surface area contributed by atoms with E-state index in [0.29, 0.717) is 6.04 Å². The first-order valence-electron chi connectivity index (χ1n) is 10.2. The Bertz CT molecular complexity index is 555. The zero-order chi connectivity index (χ0) is 18.5. The van der Waals surface area contributed by atoms with Crippen molar-refractivity contribution in [3.05, 3.63) is 29.8 Å². The Morgan fingerprint density at radius 1 is 1.12 bits per heavy atom. The van der Waals surface area contributed by atoms with Crippen LogP contribution in [-0.4, -0.2) is 61.4 Å². The van der Waals surface area contributed by atoms with Gasteiger partial charge < -0.3 is 20.9 Å². The van der Waals surface area contributed by atoms with Crippen LogP contribution in [0.15, 0.2) is 24.3 Å². The highest BCUT2D eigenvalue weighted by molar-refractivity contribution is 5.57. The Morgan fingerprint density at radius 3 is 2.50 bits per heavy atom. The third kappa shape index (κ3) is 4.05. The zero-order valence-corrected chi connectivity index (χ0v) is 16.4. The summed E-state index contributed by atoms with van der Waals surface area (Å²) in [5.74, 6) is 0. The molecule has 2 atom stereocenters. The molecular formula is C20H36N6. The van der Waals surface area contributed by atoms with E-state index in [2.05, 4.69) is 58.1 Å². The predicted octanol–water partition coefficient (Wildman–Crippen LogP) is 1.49. The molecule has 6 nitrogen and oxygen atoms in total. The Balaban J connectivity index is 1.78. The van der Waals surface area contributed by atoms with Crippen LogP contribution in [0.4, 0.5) is 5.69 Å². The number of piperidine rings is 1. The molecule has 0 saturated carbocycles. The van der Waals surface area contributed by atoms with Crippen molar-refractivity contribution in [2.75, 3.05) is 44.2 Å². The van der Waals surface area contributed by atoms with Crippen molar-refractivity contribution >= 4 is 5.69 Å². The molecule has 2 heterocycles. The minimum absolute atomic E-state index is 0.122. The van der Waals surface area contributed by atoms with Crippen LogP contribution in [-0.2, 0) is 0 Å². The van der Waals surface area contributed by atoms with Gasteiger partial charge >= 0.3 is 0 Å². The summed E-state index contributed by atoms with van der Waals surface area (Å²) in [5, 5.41) is 3.45. The highest BCUT2D eigenvalue weighted by Crippen LogP contribution is 2.37. The normalized spacial score (nSPS) is 24.9. The molecule has 0 bridgehead atoms. The third-order valence-electron chi connectivity index (χ3n) is 6.01. The van der Waals surface area contributed by atoms with E-state index >= 15 is 0 Å². The van der Waals surface area contributed by atoms with E-state index in [1.807, 2.05) is 0 Å². The van der Waals surface area contributed by atoms with Crippen molar-refractivity contribution in [1.29, 1.82) is 0 Å². The second-order valence-electron chi connectivity index (χ2n) is 7.42. The molecule has 1 fully saturated rings. The largest absolute Gasteiger partial charge is 0.343 e. The van der Waals surface area contributed by atoms with Crippen molar-refractivity contribution < 1.29 is 0 Å². The number of hydrogen-bond donors (Lipinski definition) is 3. The number of para-hydroxylation sites is 1. The maximum absolute atomic E-state index is 6.78. The van der Waals surface area contributed by atoms with Gasteiger partial charge in [-0.2, -0.15) is 0 Å². The highest BCUT2D eigenvalue weighted by Gasteiger charge is 2.39. The summed E-state index contributed by atoms with van der Waals surface area (Å²) in [5.41, 5.74) is 15.9. The van der Waals surface area contributed by atoms with E-state index in [9.17, 15) is 0 Å². The number of nitrogens with zero attached hydrogens (tertiary/aromatic N) is 3. The molecule has 2 unspecified atom stereocenters. The Hall–Kier alpha value is -1.18. The summed E-state index contributed by atoms with van der Waals surface area (Å²) in [6, 6.07) is 8.96. The SMILES string of the molecule is CCN(CC)CCCN1c2ccccc2C(N)N(C2CCNCC2)C1N. The number of anilines is 1. The molecule has 0 aliphatic carbocycles. The van der Waals surface area contributed by atoms with Crippen molar-refractivity contribution in [3.63, 3.8) is 0 Å². The summed E-state index contributed by atoms with van der Waals surface area (Å²) in [6.45, 7) is 10.8. The molecule has 0 radical (unpaired) electrons. The second-order valence-corrected chi connectivity index (χ2v) is 7.42. The van der Waals surface area contributed by atoms with E-state index in [4.69, 9.17) is 11.5 Å². The van der Waals surface area contributed by atoms with Crippen LogP contribution in [0.3, 0.4) is 0 Å². The van der Waals surface area contributed by atoms with E-state index in [1.54, 1.807) is 0 Å². The summed E-state index contributed by atoms with van der Waals surface area (Å²) in [7, 11) is 0. The number of rotatable bonds is 7. The van der Waals surface area contributed by atoms with Crippen molar-refractivity contribution in [1.82, 2.24) is 15.1 Å². The summed E-state index contributed by atoms with van der Waals surface area (Å²) >= 11 is 0. The quantitative estimate of drug-likeness (QED) is 0.684. The molecule has 26 heavy (non-hydrogen) atoms. The summed E-state index contributed by atoms with van der Waals surface area (Å²) in [6.07, 6.45) is 3.05. The average molecular weight is 361 g/mol. The number of fused-ring (bicyclic) bond motifs is 1. The van der Waals surface area contributed by atoms with Crippen LogP contribution in [0.25, 0.3) is 0 Å². The fraction of sp³-hybridized carbons (Fsp3) is 0.700. The molecule has 6 heteroatoms. The van der Waals surface area contributed by atoms with E-state index in [0.717, 1.165) is 58.5 Å². The Morgan fingerprint density at radius 2 is 1.81 bits per heavy atom. The summed E-state index contributed by atoms with van der Waals surface area (Å²) < 4.78 is 0. The van der Waals surface area contributed by atoms with Crippen LogP contribution in [0, 0.1) is 0 Å². The first-order valence-corrected chi connectivity index (χ1v) is 10.2. The molecule has 1 aromatic rings. The smallest absolute Gasteiger partial charge is 0.136 e. The summed E-state index contributed by atoms with van der Waals surface area (Å²) in [4.78, 5) is 7.18. The van der Waals surface area contributed by atoms with Crippen LogP contribution in [0.2, 0.25) is 0 Å². The topological polar surface area (TPSA) is 73.8 Å².